The summed E-state index contributed by atoms with van der Waals surface area (Å²) in [4.78, 5) is 21.7. The predicted octanol–water partition coefficient (Wildman–Crippen LogP) is 6.51. The van der Waals surface area contributed by atoms with Crippen LogP contribution in [0.4, 0.5) is 0 Å². The van der Waals surface area contributed by atoms with Crippen molar-refractivity contribution in [1.29, 1.82) is 0 Å². The Labute approximate surface area is 212 Å². The number of esters is 1. The molecule has 0 saturated carbocycles. The zero-order valence-electron chi connectivity index (χ0n) is 21.0. The Morgan fingerprint density at radius 2 is 1.50 bits per heavy atom. The molecule has 0 bridgehead atoms. The average molecular weight is 485 g/mol. The van der Waals surface area contributed by atoms with Crippen molar-refractivity contribution in [3.8, 4) is 17.3 Å². The first-order valence-corrected chi connectivity index (χ1v) is 12.3. The van der Waals surface area contributed by atoms with Crippen LogP contribution in [0.3, 0.4) is 0 Å². The maximum absolute atomic E-state index is 12.2. The highest BCUT2D eigenvalue weighted by Gasteiger charge is 2.21. The standard InChI is InChI=1S/C30H32N2O4/c1-21(2)22-15-17-24(18-16-22)28-31-26-14-8-7-13-25(26)29(32-28)36-20-10-9-19-35-27(30(33)34-3)23-11-5-4-6-12-23/h4-8,11-18,21,27H,9-10,19-20H2,1-3H3. The Morgan fingerprint density at radius 1 is 0.806 bits per heavy atom. The van der Waals surface area contributed by atoms with Crippen molar-refractivity contribution < 1.29 is 19.0 Å². The Morgan fingerprint density at radius 3 is 2.22 bits per heavy atom. The number of hydrogen-bond acceptors (Lipinski definition) is 6. The number of carbonyl (C=O) groups is 1. The topological polar surface area (TPSA) is 70.5 Å². The molecular weight excluding hydrogens is 452 g/mol. The van der Waals surface area contributed by atoms with E-state index in [-0.39, 0.29) is 0 Å². The molecule has 6 heteroatoms. The van der Waals surface area contributed by atoms with Crippen LogP contribution in [0.5, 0.6) is 5.88 Å². The summed E-state index contributed by atoms with van der Waals surface area (Å²) >= 11 is 0. The molecule has 186 valence electrons. The highest BCUT2D eigenvalue weighted by molar-refractivity contribution is 5.85. The Bertz CT molecular complexity index is 1270. The van der Waals surface area contributed by atoms with E-state index >= 15 is 0 Å². The molecule has 36 heavy (non-hydrogen) atoms. The number of para-hydroxylation sites is 1. The first-order chi connectivity index (χ1) is 17.6. The van der Waals surface area contributed by atoms with Gasteiger partial charge in [-0.2, -0.15) is 4.98 Å². The van der Waals surface area contributed by atoms with Crippen LogP contribution in [0.25, 0.3) is 22.3 Å². The van der Waals surface area contributed by atoms with Gasteiger partial charge in [0.05, 0.1) is 24.6 Å². The molecule has 1 aromatic heterocycles. The molecule has 0 fully saturated rings. The van der Waals surface area contributed by atoms with E-state index in [0.717, 1.165) is 34.9 Å². The number of rotatable bonds is 11. The van der Waals surface area contributed by atoms with Gasteiger partial charge in [-0.15, -0.1) is 0 Å². The fraction of sp³-hybridized carbons (Fsp3) is 0.300. The quantitative estimate of drug-likeness (QED) is 0.179. The highest BCUT2D eigenvalue weighted by atomic mass is 16.6. The lowest BCUT2D eigenvalue weighted by molar-refractivity contribution is -0.154. The van der Waals surface area contributed by atoms with E-state index in [1.165, 1.54) is 12.7 Å². The lowest BCUT2D eigenvalue weighted by Gasteiger charge is -2.16. The predicted molar refractivity (Wildman–Crippen MR) is 141 cm³/mol. The smallest absolute Gasteiger partial charge is 0.339 e. The number of unbranched alkanes of at least 4 members (excludes halogenated alkanes) is 1. The van der Waals surface area contributed by atoms with E-state index in [4.69, 9.17) is 24.2 Å². The van der Waals surface area contributed by atoms with E-state index < -0.39 is 12.1 Å². The van der Waals surface area contributed by atoms with Gasteiger partial charge in [-0.3, -0.25) is 0 Å². The summed E-state index contributed by atoms with van der Waals surface area (Å²) in [5.74, 6) is 1.28. The fourth-order valence-electron chi connectivity index (χ4n) is 3.91. The van der Waals surface area contributed by atoms with Gasteiger partial charge < -0.3 is 14.2 Å². The monoisotopic (exact) mass is 484 g/mol. The lowest BCUT2D eigenvalue weighted by atomic mass is 10.0. The molecule has 1 heterocycles. The number of aromatic nitrogens is 2. The van der Waals surface area contributed by atoms with Crippen molar-refractivity contribution in [2.75, 3.05) is 20.3 Å². The van der Waals surface area contributed by atoms with Crippen LogP contribution in [0, 0.1) is 0 Å². The van der Waals surface area contributed by atoms with Gasteiger partial charge in [0.1, 0.15) is 0 Å². The van der Waals surface area contributed by atoms with Crippen molar-refractivity contribution in [3.63, 3.8) is 0 Å². The molecule has 6 nitrogen and oxygen atoms in total. The molecule has 1 unspecified atom stereocenters. The van der Waals surface area contributed by atoms with Crippen LogP contribution in [-0.4, -0.2) is 36.3 Å². The summed E-state index contributed by atoms with van der Waals surface area (Å²) in [5.41, 5.74) is 3.86. The van der Waals surface area contributed by atoms with Crippen molar-refractivity contribution in [2.45, 2.75) is 38.7 Å². The molecule has 0 radical (unpaired) electrons. The van der Waals surface area contributed by atoms with Crippen LogP contribution in [-0.2, 0) is 14.3 Å². The minimum absolute atomic E-state index is 0.404. The number of ether oxygens (including phenoxy) is 3. The largest absolute Gasteiger partial charge is 0.477 e. The summed E-state index contributed by atoms with van der Waals surface area (Å²) in [6, 6.07) is 25.6. The van der Waals surface area contributed by atoms with Gasteiger partial charge >= 0.3 is 5.97 Å². The average Bonchev–Trinajstić information content (AvgIpc) is 2.92. The molecule has 0 aliphatic carbocycles. The van der Waals surface area contributed by atoms with Gasteiger partial charge in [-0.1, -0.05) is 80.6 Å². The minimum atomic E-state index is -0.729. The first kappa shape index (κ1) is 25.3. The molecule has 0 aliphatic heterocycles. The third kappa shape index (κ3) is 6.26. The fourth-order valence-corrected chi connectivity index (χ4v) is 3.91. The second kappa shape index (κ2) is 12.3. The molecule has 4 aromatic rings. The number of hydrogen-bond donors (Lipinski definition) is 0. The maximum atomic E-state index is 12.2. The van der Waals surface area contributed by atoms with Gasteiger partial charge in [0.15, 0.2) is 11.9 Å². The molecule has 0 aliphatic rings. The molecule has 3 aromatic carbocycles. The first-order valence-electron chi connectivity index (χ1n) is 12.3. The van der Waals surface area contributed by atoms with E-state index in [9.17, 15) is 4.79 Å². The van der Waals surface area contributed by atoms with Crippen LogP contribution in [0.1, 0.15) is 49.8 Å². The Hall–Kier alpha value is -3.77. The summed E-state index contributed by atoms with van der Waals surface area (Å²) in [7, 11) is 1.37. The van der Waals surface area contributed by atoms with Crippen molar-refractivity contribution in [3.05, 3.63) is 90.0 Å². The molecule has 0 saturated heterocycles. The number of carbonyl (C=O) groups excluding carboxylic acids is 1. The van der Waals surface area contributed by atoms with Crippen LogP contribution in [0.15, 0.2) is 78.9 Å². The van der Waals surface area contributed by atoms with Gasteiger partial charge in [-0.25, -0.2) is 9.78 Å². The second-order valence-electron chi connectivity index (χ2n) is 8.89. The Kier molecular flexibility index (Phi) is 8.63. The van der Waals surface area contributed by atoms with E-state index in [0.29, 0.717) is 30.8 Å². The molecular formula is C30H32N2O4. The lowest BCUT2D eigenvalue weighted by Crippen LogP contribution is -2.18. The number of benzene rings is 3. The van der Waals surface area contributed by atoms with Crippen LogP contribution >= 0.6 is 0 Å². The van der Waals surface area contributed by atoms with E-state index in [1.54, 1.807) is 0 Å². The summed E-state index contributed by atoms with van der Waals surface area (Å²) in [5, 5.41) is 0.881. The molecule has 0 amide bonds. The van der Waals surface area contributed by atoms with Gasteiger partial charge in [0.2, 0.25) is 5.88 Å². The summed E-state index contributed by atoms with van der Waals surface area (Å²) < 4.78 is 16.9. The third-order valence-electron chi connectivity index (χ3n) is 5.98. The van der Waals surface area contributed by atoms with Gasteiger partial charge in [0.25, 0.3) is 0 Å². The van der Waals surface area contributed by atoms with Crippen molar-refractivity contribution in [1.82, 2.24) is 9.97 Å². The van der Waals surface area contributed by atoms with Gasteiger partial charge in [0, 0.05) is 12.2 Å². The molecule has 0 spiro atoms. The van der Waals surface area contributed by atoms with E-state index in [2.05, 4.69) is 38.1 Å². The number of methoxy groups -OCH3 is 1. The summed E-state index contributed by atoms with van der Waals surface area (Å²) in [6.07, 6.45) is 0.749. The Balaban J connectivity index is 1.38. The second-order valence-corrected chi connectivity index (χ2v) is 8.89. The molecule has 0 N–H and O–H groups in total. The normalized spacial score (nSPS) is 12.0. The highest BCUT2D eigenvalue weighted by Crippen LogP contribution is 2.28. The SMILES string of the molecule is COC(=O)C(OCCCCOc1nc(-c2ccc(C(C)C)cc2)nc2ccccc12)c1ccccc1. The molecule has 4 rings (SSSR count). The number of fused-ring (bicyclic) bond motifs is 1. The van der Waals surface area contributed by atoms with Crippen molar-refractivity contribution >= 4 is 16.9 Å². The molecule has 1 atom stereocenters. The van der Waals surface area contributed by atoms with Crippen molar-refractivity contribution in [2.24, 2.45) is 0 Å². The zero-order valence-corrected chi connectivity index (χ0v) is 21.0. The summed E-state index contributed by atoms with van der Waals surface area (Å²) in [6.45, 7) is 5.24. The minimum Gasteiger partial charge on any atom is -0.477 e. The number of nitrogens with zero attached hydrogens (tertiary/aromatic N) is 2. The van der Waals surface area contributed by atoms with Crippen LogP contribution in [0.2, 0.25) is 0 Å². The van der Waals surface area contributed by atoms with Gasteiger partial charge in [-0.05, 0) is 42.0 Å². The zero-order chi connectivity index (χ0) is 25.3. The van der Waals surface area contributed by atoms with E-state index in [1.807, 2.05) is 54.6 Å². The maximum Gasteiger partial charge on any atom is 0.339 e. The third-order valence-corrected chi connectivity index (χ3v) is 5.98. The van der Waals surface area contributed by atoms with Crippen LogP contribution < -0.4 is 4.74 Å².